The highest BCUT2D eigenvalue weighted by atomic mass is 16.6. The molecule has 0 heterocycles. The highest BCUT2D eigenvalue weighted by Crippen LogP contribution is 2.22. The van der Waals surface area contributed by atoms with Crippen molar-refractivity contribution in [1.82, 2.24) is 5.32 Å². The van der Waals surface area contributed by atoms with E-state index in [0.717, 1.165) is 0 Å². The Bertz CT molecular complexity index is 286. The summed E-state index contributed by atoms with van der Waals surface area (Å²) in [5.41, 5.74) is -0.983. The molecule has 0 spiro atoms. The molecule has 0 fully saturated rings. The van der Waals surface area contributed by atoms with Gasteiger partial charge >= 0.3 is 11.9 Å². The molecular formula is C12H23NO4. The lowest BCUT2D eigenvalue weighted by Gasteiger charge is -2.32. The van der Waals surface area contributed by atoms with Crippen molar-refractivity contribution in [3.05, 3.63) is 0 Å². The third-order valence-corrected chi connectivity index (χ3v) is 1.97. The first-order chi connectivity index (χ1) is 7.43. The van der Waals surface area contributed by atoms with Crippen LogP contribution in [0.25, 0.3) is 0 Å². The van der Waals surface area contributed by atoms with Gasteiger partial charge in [0.05, 0.1) is 6.54 Å². The largest absolute Gasteiger partial charge is 0.480 e. The van der Waals surface area contributed by atoms with E-state index >= 15 is 0 Å². The number of esters is 1. The highest BCUT2D eigenvalue weighted by molar-refractivity contribution is 5.78. The maximum Gasteiger partial charge on any atom is 0.324 e. The normalized spacial score (nSPS) is 14.2. The number of carboxylic acid groups (broad SMARTS) is 1. The summed E-state index contributed by atoms with van der Waals surface area (Å²) in [6.07, 6.45) is 0. The summed E-state index contributed by atoms with van der Waals surface area (Å²) in [6.45, 7) is 10.6. The third-order valence-electron chi connectivity index (χ3n) is 1.97. The lowest BCUT2D eigenvalue weighted by molar-refractivity contribution is -0.160. The van der Waals surface area contributed by atoms with Crippen LogP contribution in [0.5, 0.6) is 0 Å². The summed E-state index contributed by atoms with van der Waals surface area (Å²) in [5, 5.41) is 11.3. The van der Waals surface area contributed by atoms with E-state index < -0.39 is 29.0 Å². The minimum atomic E-state index is -0.997. The predicted octanol–water partition coefficient (Wildman–Crippen LogP) is 1.42. The second-order valence-electron chi connectivity index (χ2n) is 6.11. The summed E-state index contributed by atoms with van der Waals surface area (Å²) in [5.74, 6) is -1.42. The number of hydrogen-bond donors (Lipinski definition) is 2. The molecule has 0 amide bonds. The van der Waals surface area contributed by atoms with Crippen molar-refractivity contribution in [2.75, 3.05) is 6.54 Å². The molecule has 0 aliphatic carbocycles. The molecule has 100 valence electrons. The molecule has 0 aromatic carbocycles. The van der Waals surface area contributed by atoms with E-state index in [1.54, 1.807) is 20.8 Å². The van der Waals surface area contributed by atoms with Gasteiger partial charge < -0.3 is 9.84 Å². The molecule has 1 unspecified atom stereocenters. The maximum absolute atomic E-state index is 11.9. The summed E-state index contributed by atoms with van der Waals surface area (Å²) in [6, 6.07) is -0.641. The molecule has 0 aromatic heterocycles. The van der Waals surface area contributed by atoms with Gasteiger partial charge in [0.15, 0.2) is 0 Å². The van der Waals surface area contributed by atoms with Gasteiger partial charge in [-0.15, -0.1) is 0 Å². The molecule has 0 bridgehead atoms. The smallest absolute Gasteiger partial charge is 0.324 e. The molecule has 0 saturated heterocycles. The second kappa shape index (κ2) is 5.49. The van der Waals surface area contributed by atoms with E-state index in [1.807, 2.05) is 20.8 Å². The van der Waals surface area contributed by atoms with Crippen molar-refractivity contribution < 1.29 is 19.4 Å². The number of carboxylic acids is 1. The van der Waals surface area contributed by atoms with Crippen molar-refractivity contribution >= 4 is 11.9 Å². The summed E-state index contributed by atoms with van der Waals surface area (Å²) >= 11 is 0. The summed E-state index contributed by atoms with van der Waals surface area (Å²) in [7, 11) is 0. The molecule has 0 aliphatic heterocycles. The van der Waals surface area contributed by atoms with Gasteiger partial charge in [0.1, 0.15) is 11.6 Å². The fraction of sp³-hybridized carbons (Fsp3) is 0.833. The number of hydrogen-bond acceptors (Lipinski definition) is 4. The van der Waals surface area contributed by atoms with E-state index in [-0.39, 0.29) is 6.54 Å². The van der Waals surface area contributed by atoms with Crippen molar-refractivity contribution in [2.45, 2.75) is 53.2 Å². The Morgan fingerprint density at radius 3 is 1.94 bits per heavy atom. The highest BCUT2D eigenvalue weighted by Gasteiger charge is 2.34. The Kier molecular flexibility index (Phi) is 5.13. The SMILES string of the molecule is CC(C)(C)OC(=O)C(NCC(=O)O)C(C)(C)C. The molecule has 5 heteroatoms. The first-order valence-electron chi connectivity index (χ1n) is 5.61. The lowest BCUT2D eigenvalue weighted by atomic mass is 9.86. The maximum atomic E-state index is 11.9. The fourth-order valence-corrected chi connectivity index (χ4v) is 1.29. The third kappa shape index (κ3) is 6.94. The van der Waals surface area contributed by atoms with Gasteiger partial charge in [-0.2, -0.15) is 0 Å². The van der Waals surface area contributed by atoms with Crippen LogP contribution in [0.4, 0.5) is 0 Å². The van der Waals surface area contributed by atoms with Gasteiger partial charge in [-0.25, -0.2) is 0 Å². The van der Waals surface area contributed by atoms with Crippen LogP contribution in [-0.2, 0) is 14.3 Å². The average Bonchev–Trinajstić information content (AvgIpc) is 1.96. The molecule has 1 atom stereocenters. The molecule has 2 N–H and O–H groups in total. The van der Waals surface area contributed by atoms with Gasteiger partial charge in [-0.1, -0.05) is 20.8 Å². The number of ether oxygens (including phenoxy) is 1. The number of nitrogens with one attached hydrogen (secondary N) is 1. The zero-order chi connectivity index (χ0) is 13.9. The van der Waals surface area contributed by atoms with Crippen LogP contribution >= 0.6 is 0 Å². The molecule has 17 heavy (non-hydrogen) atoms. The Labute approximate surface area is 103 Å². The Balaban J connectivity index is 4.70. The minimum Gasteiger partial charge on any atom is -0.480 e. The van der Waals surface area contributed by atoms with Gasteiger partial charge in [0.2, 0.25) is 0 Å². The fourth-order valence-electron chi connectivity index (χ4n) is 1.29. The number of aliphatic carboxylic acids is 1. The van der Waals surface area contributed by atoms with Gasteiger partial charge in [0, 0.05) is 0 Å². The van der Waals surface area contributed by atoms with Crippen LogP contribution in [0, 0.1) is 5.41 Å². The van der Waals surface area contributed by atoms with E-state index in [9.17, 15) is 9.59 Å². The van der Waals surface area contributed by atoms with Crippen molar-refractivity contribution in [1.29, 1.82) is 0 Å². The van der Waals surface area contributed by atoms with Crippen LogP contribution in [0.3, 0.4) is 0 Å². The van der Waals surface area contributed by atoms with E-state index in [4.69, 9.17) is 9.84 Å². The average molecular weight is 245 g/mol. The zero-order valence-corrected chi connectivity index (χ0v) is 11.5. The molecule has 0 aliphatic rings. The summed E-state index contributed by atoms with van der Waals surface area (Å²) < 4.78 is 5.26. The quantitative estimate of drug-likeness (QED) is 0.732. The van der Waals surface area contributed by atoms with E-state index in [1.165, 1.54) is 0 Å². The van der Waals surface area contributed by atoms with Crippen LogP contribution in [0.15, 0.2) is 0 Å². The van der Waals surface area contributed by atoms with Crippen LogP contribution < -0.4 is 5.32 Å². The number of rotatable bonds is 4. The number of carbonyl (C=O) groups is 2. The minimum absolute atomic E-state index is 0.263. The number of carbonyl (C=O) groups excluding carboxylic acids is 1. The monoisotopic (exact) mass is 245 g/mol. The predicted molar refractivity (Wildman–Crippen MR) is 64.7 cm³/mol. The van der Waals surface area contributed by atoms with E-state index in [2.05, 4.69) is 5.32 Å². The Morgan fingerprint density at radius 1 is 1.18 bits per heavy atom. The Hall–Kier alpha value is -1.10. The standard InChI is InChI=1S/C12H23NO4/c1-11(2,3)9(13-7-8(14)15)10(16)17-12(4,5)6/h9,13H,7H2,1-6H3,(H,14,15). The molecule has 0 radical (unpaired) electrons. The molecule has 0 aromatic rings. The molecule has 5 nitrogen and oxygen atoms in total. The molecule has 0 saturated carbocycles. The lowest BCUT2D eigenvalue weighted by Crippen LogP contribution is -2.50. The molecule has 0 rings (SSSR count). The Morgan fingerprint density at radius 2 is 1.65 bits per heavy atom. The van der Waals surface area contributed by atoms with Crippen LogP contribution in [0.2, 0.25) is 0 Å². The van der Waals surface area contributed by atoms with Crippen LogP contribution in [-0.4, -0.2) is 35.2 Å². The zero-order valence-electron chi connectivity index (χ0n) is 11.5. The van der Waals surface area contributed by atoms with Crippen LogP contribution in [0.1, 0.15) is 41.5 Å². The van der Waals surface area contributed by atoms with Crippen molar-refractivity contribution in [3.8, 4) is 0 Å². The molecular weight excluding hydrogens is 222 g/mol. The summed E-state index contributed by atoms with van der Waals surface area (Å²) in [4.78, 5) is 22.5. The van der Waals surface area contributed by atoms with Gasteiger partial charge in [0.25, 0.3) is 0 Å². The van der Waals surface area contributed by atoms with Gasteiger partial charge in [-0.05, 0) is 26.2 Å². The van der Waals surface area contributed by atoms with Crippen molar-refractivity contribution in [3.63, 3.8) is 0 Å². The first kappa shape index (κ1) is 15.9. The van der Waals surface area contributed by atoms with E-state index in [0.29, 0.717) is 0 Å². The second-order valence-corrected chi connectivity index (χ2v) is 6.11. The first-order valence-corrected chi connectivity index (χ1v) is 5.61. The van der Waals surface area contributed by atoms with Crippen molar-refractivity contribution in [2.24, 2.45) is 5.41 Å². The van der Waals surface area contributed by atoms with Gasteiger partial charge in [-0.3, -0.25) is 14.9 Å². The topological polar surface area (TPSA) is 75.6 Å².